The summed E-state index contributed by atoms with van der Waals surface area (Å²) in [4.78, 5) is 28.9. The van der Waals surface area contributed by atoms with Crippen LogP contribution in [0.1, 0.15) is 12.8 Å². The Labute approximate surface area is 134 Å². The van der Waals surface area contributed by atoms with Gasteiger partial charge in [0, 0.05) is 6.20 Å². The summed E-state index contributed by atoms with van der Waals surface area (Å²) in [6.07, 6.45) is -3.15. The molecule has 0 radical (unpaired) electrons. The smallest absolute Gasteiger partial charge is 0.285 e. The van der Waals surface area contributed by atoms with Crippen LogP contribution in [0.15, 0.2) is 18.5 Å². The highest BCUT2D eigenvalue weighted by atomic mass is 35.5. The van der Waals surface area contributed by atoms with Crippen molar-refractivity contribution < 1.29 is 22.8 Å². The first kappa shape index (κ1) is 16.0. The number of urea groups is 1. The predicted octanol–water partition coefficient (Wildman–Crippen LogP) is 2.05. The van der Waals surface area contributed by atoms with Gasteiger partial charge in [-0.2, -0.15) is 13.2 Å². The lowest BCUT2D eigenvalue weighted by molar-refractivity contribution is -0.168. The predicted molar refractivity (Wildman–Crippen MR) is 74.8 cm³/mol. The third kappa shape index (κ3) is 2.86. The maximum absolute atomic E-state index is 13.0. The number of aromatic nitrogens is 1. The van der Waals surface area contributed by atoms with Gasteiger partial charge < -0.3 is 0 Å². The van der Waals surface area contributed by atoms with Crippen LogP contribution in [-0.4, -0.2) is 35.3 Å². The van der Waals surface area contributed by atoms with E-state index < -0.39 is 36.2 Å². The van der Waals surface area contributed by atoms with Crippen LogP contribution in [-0.2, 0) is 4.79 Å². The molecule has 3 rings (SSSR count). The van der Waals surface area contributed by atoms with Gasteiger partial charge in [0.15, 0.2) is 0 Å². The van der Waals surface area contributed by atoms with Crippen molar-refractivity contribution in [1.29, 1.82) is 0 Å². The highest BCUT2D eigenvalue weighted by Crippen LogP contribution is 2.36. The molecule has 6 nitrogen and oxygen atoms in total. The Balaban J connectivity index is 1.98. The topological polar surface area (TPSA) is 74.3 Å². The summed E-state index contributed by atoms with van der Waals surface area (Å²) in [5.41, 5.74) is 0.143. The number of anilines is 1. The Bertz CT molecular complexity index is 654. The van der Waals surface area contributed by atoms with E-state index in [0.717, 1.165) is 4.90 Å². The lowest BCUT2D eigenvalue weighted by atomic mass is 9.88. The van der Waals surface area contributed by atoms with Gasteiger partial charge in [-0.25, -0.2) is 4.79 Å². The van der Waals surface area contributed by atoms with Crippen LogP contribution in [0.5, 0.6) is 0 Å². The van der Waals surface area contributed by atoms with Gasteiger partial charge in [0.25, 0.3) is 0 Å². The molecule has 2 aliphatic heterocycles. The molecule has 0 spiro atoms. The molecule has 2 saturated heterocycles. The standard InChI is InChI=1S/C13H12ClF3N4O2/c14-7-3-4-18-5-8(7)21-10-6(11(22)20-12(21)23)1-2-9(19-10)13(15,16)17/h3-6,9-10,19H,1-2H2,(H,20,22,23). The second-order valence-electron chi connectivity index (χ2n) is 5.38. The molecule has 2 fully saturated rings. The number of fused-ring (bicyclic) bond motifs is 1. The zero-order valence-electron chi connectivity index (χ0n) is 11.6. The Morgan fingerprint density at radius 1 is 1.30 bits per heavy atom. The molecule has 0 aliphatic carbocycles. The maximum Gasteiger partial charge on any atom is 0.403 e. The lowest BCUT2D eigenvalue weighted by Gasteiger charge is -2.45. The molecule has 3 amide bonds. The van der Waals surface area contributed by atoms with E-state index in [-0.39, 0.29) is 23.6 Å². The van der Waals surface area contributed by atoms with Crippen molar-refractivity contribution in [1.82, 2.24) is 15.6 Å². The fraction of sp³-hybridized carbons (Fsp3) is 0.462. The molecule has 10 heteroatoms. The van der Waals surface area contributed by atoms with Gasteiger partial charge in [0.05, 0.1) is 22.8 Å². The highest BCUT2D eigenvalue weighted by molar-refractivity contribution is 6.34. The van der Waals surface area contributed by atoms with Crippen molar-refractivity contribution >= 4 is 29.2 Å². The summed E-state index contributed by atoms with van der Waals surface area (Å²) < 4.78 is 39.0. The van der Waals surface area contributed by atoms with Crippen molar-refractivity contribution in [3.05, 3.63) is 23.5 Å². The van der Waals surface area contributed by atoms with Gasteiger partial charge in [-0.15, -0.1) is 0 Å². The number of alkyl halides is 3. The van der Waals surface area contributed by atoms with E-state index in [4.69, 9.17) is 11.6 Å². The minimum atomic E-state index is -4.47. The molecule has 2 N–H and O–H groups in total. The van der Waals surface area contributed by atoms with Crippen LogP contribution >= 0.6 is 11.6 Å². The van der Waals surface area contributed by atoms with E-state index in [1.54, 1.807) is 0 Å². The molecule has 23 heavy (non-hydrogen) atoms. The average Bonchev–Trinajstić information content (AvgIpc) is 2.47. The van der Waals surface area contributed by atoms with Crippen LogP contribution in [0.3, 0.4) is 0 Å². The summed E-state index contributed by atoms with van der Waals surface area (Å²) >= 11 is 6.02. The number of piperidine rings is 1. The molecular weight excluding hydrogens is 337 g/mol. The number of imide groups is 1. The first-order valence-corrected chi connectivity index (χ1v) is 7.23. The van der Waals surface area contributed by atoms with Gasteiger partial charge in [-0.1, -0.05) is 11.6 Å². The van der Waals surface area contributed by atoms with Crippen LogP contribution in [0, 0.1) is 5.92 Å². The second-order valence-corrected chi connectivity index (χ2v) is 5.79. The summed E-state index contributed by atoms with van der Waals surface area (Å²) in [7, 11) is 0. The minimum absolute atomic E-state index is 0.00926. The van der Waals surface area contributed by atoms with E-state index in [9.17, 15) is 22.8 Å². The molecule has 0 saturated carbocycles. The summed E-state index contributed by atoms with van der Waals surface area (Å²) in [6, 6.07) is -1.21. The average molecular weight is 349 g/mol. The lowest BCUT2D eigenvalue weighted by Crippen LogP contribution is -2.70. The number of carbonyl (C=O) groups is 2. The van der Waals surface area contributed by atoms with E-state index in [1.807, 2.05) is 0 Å². The normalized spacial score (nSPS) is 28.3. The number of carbonyl (C=O) groups excluding carboxylic acids is 2. The van der Waals surface area contributed by atoms with Gasteiger partial charge in [0.2, 0.25) is 5.91 Å². The van der Waals surface area contributed by atoms with Crippen molar-refractivity contribution in [2.24, 2.45) is 5.92 Å². The summed E-state index contributed by atoms with van der Waals surface area (Å²) in [5.74, 6) is -1.38. The molecule has 3 atom stereocenters. The molecule has 124 valence electrons. The number of nitrogens with zero attached hydrogens (tertiary/aromatic N) is 2. The fourth-order valence-electron chi connectivity index (χ4n) is 2.89. The monoisotopic (exact) mass is 348 g/mol. The van der Waals surface area contributed by atoms with Crippen LogP contribution in [0.2, 0.25) is 5.02 Å². The fourth-order valence-corrected chi connectivity index (χ4v) is 3.08. The third-order valence-electron chi connectivity index (χ3n) is 3.99. The molecule has 0 aromatic carbocycles. The highest BCUT2D eigenvalue weighted by Gasteiger charge is 2.51. The van der Waals surface area contributed by atoms with Gasteiger partial charge in [0.1, 0.15) is 12.2 Å². The number of rotatable bonds is 1. The zero-order chi connectivity index (χ0) is 16.8. The minimum Gasteiger partial charge on any atom is -0.285 e. The molecule has 1 aromatic rings. The SMILES string of the molecule is O=C1NC(=O)N(c2cnccc2Cl)C2NC(C(F)(F)F)CCC12. The van der Waals surface area contributed by atoms with E-state index in [0.29, 0.717) is 0 Å². The second kappa shape index (κ2) is 5.64. The van der Waals surface area contributed by atoms with Crippen molar-refractivity contribution in [2.75, 3.05) is 4.90 Å². The number of pyridine rings is 1. The van der Waals surface area contributed by atoms with Crippen LogP contribution < -0.4 is 15.5 Å². The molecule has 2 aliphatic rings. The van der Waals surface area contributed by atoms with Crippen LogP contribution in [0.4, 0.5) is 23.7 Å². The van der Waals surface area contributed by atoms with Gasteiger partial charge in [-0.05, 0) is 18.9 Å². The molecule has 0 bridgehead atoms. The van der Waals surface area contributed by atoms with Crippen molar-refractivity contribution in [3.8, 4) is 0 Å². The number of hydrogen-bond donors (Lipinski definition) is 2. The molecule has 3 heterocycles. The summed E-state index contributed by atoms with van der Waals surface area (Å²) in [5, 5.41) is 4.67. The van der Waals surface area contributed by atoms with E-state index >= 15 is 0 Å². The number of nitrogens with one attached hydrogen (secondary N) is 2. The molecular formula is C13H12ClF3N4O2. The largest absolute Gasteiger partial charge is 0.403 e. The first-order valence-electron chi connectivity index (χ1n) is 6.85. The first-order chi connectivity index (χ1) is 10.8. The van der Waals surface area contributed by atoms with Crippen molar-refractivity contribution in [3.63, 3.8) is 0 Å². The third-order valence-corrected chi connectivity index (χ3v) is 4.31. The van der Waals surface area contributed by atoms with E-state index in [1.165, 1.54) is 18.5 Å². The number of amides is 3. The zero-order valence-corrected chi connectivity index (χ0v) is 12.4. The molecule has 3 unspecified atom stereocenters. The Morgan fingerprint density at radius 3 is 2.70 bits per heavy atom. The summed E-state index contributed by atoms with van der Waals surface area (Å²) in [6.45, 7) is 0. The maximum atomic E-state index is 13.0. The Hall–Kier alpha value is -1.87. The van der Waals surface area contributed by atoms with Gasteiger partial charge in [-0.3, -0.25) is 25.3 Å². The Morgan fingerprint density at radius 2 is 2.04 bits per heavy atom. The Kier molecular flexibility index (Phi) is 3.93. The van der Waals surface area contributed by atoms with Crippen molar-refractivity contribution in [2.45, 2.75) is 31.2 Å². The molecule has 1 aromatic heterocycles. The van der Waals surface area contributed by atoms with E-state index in [2.05, 4.69) is 15.6 Å². The number of halogens is 4. The quantitative estimate of drug-likeness (QED) is 0.814. The number of hydrogen-bond acceptors (Lipinski definition) is 4. The van der Waals surface area contributed by atoms with Gasteiger partial charge >= 0.3 is 12.2 Å². The van der Waals surface area contributed by atoms with Crippen LogP contribution in [0.25, 0.3) is 0 Å².